The summed E-state index contributed by atoms with van der Waals surface area (Å²) in [6, 6.07) is 22.4. The Balaban J connectivity index is 1.31. The van der Waals surface area contributed by atoms with E-state index in [2.05, 4.69) is 16.6 Å². The van der Waals surface area contributed by atoms with Gasteiger partial charge >= 0.3 is 5.97 Å². The number of nitriles is 1. The molecule has 9 heteroatoms. The van der Waals surface area contributed by atoms with Crippen LogP contribution in [-0.2, 0) is 6.42 Å². The Morgan fingerprint density at radius 2 is 1.68 bits per heavy atom. The zero-order valence-corrected chi connectivity index (χ0v) is 20.4. The molecule has 1 N–H and O–H groups in total. The van der Waals surface area contributed by atoms with Crippen molar-refractivity contribution in [3.05, 3.63) is 111 Å². The van der Waals surface area contributed by atoms with Crippen LogP contribution in [0.25, 0.3) is 11.1 Å². The van der Waals surface area contributed by atoms with E-state index >= 15 is 0 Å². The number of anilines is 1. The number of fused-ring (bicyclic) bond motifs is 1. The minimum atomic E-state index is -0.592. The lowest BCUT2D eigenvalue weighted by molar-refractivity contribution is -0.384. The predicted octanol–water partition coefficient (Wildman–Crippen LogP) is 6.41. The van der Waals surface area contributed by atoms with Crippen LogP contribution in [0, 0.1) is 28.4 Å². The first-order chi connectivity index (χ1) is 18.4. The van der Waals surface area contributed by atoms with Gasteiger partial charge in [-0.05, 0) is 67.3 Å². The maximum absolute atomic E-state index is 13.0. The second-order valence-electron chi connectivity index (χ2n) is 8.79. The molecule has 0 radical (unpaired) electrons. The summed E-state index contributed by atoms with van der Waals surface area (Å²) >= 11 is 0. The van der Waals surface area contributed by atoms with Crippen molar-refractivity contribution in [3.63, 3.8) is 0 Å². The molecule has 3 aromatic carbocycles. The van der Waals surface area contributed by atoms with Crippen molar-refractivity contribution >= 4 is 23.1 Å². The summed E-state index contributed by atoms with van der Waals surface area (Å²) in [6.45, 7) is 1.81. The molecule has 0 unspecified atom stereocenters. The summed E-state index contributed by atoms with van der Waals surface area (Å²) in [5.74, 6) is 0.609. The van der Waals surface area contributed by atoms with Crippen LogP contribution in [0.15, 0.2) is 82.3 Å². The number of carbonyl (C=O) groups excluding carboxylic acids is 1. The molecule has 1 aromatic heterocycles. The van der Waals surface area contributed by atoms with Crippen molar-refractivity contribution < 1.29 is 18.9 Å². The topological polar surface area (TPSA) is 131 Å². The van der Waals surface area contributed by atoms with Gasteiger partial charge in [-0.25, -0.2) is 4.79 Å². The molecule has 0 amide bonds. The van der Waals surface area contributed by atoms with Gasteiger partial charge in [-0.2, -0.15) is 10.4 Å². The third kappa shape index (κ3) is 5.01. The number of ether oxygens (including phenoxy) is 1. The van der Waals surface area contributed by atoms with Gasteiger partial charge in [-0.1, -0.05) is 24.3 Å². The summed E-state index contributed by atoms with van der Waals surface area (Å²) < 4.78 is 11.5. The Morgan fingerprint density at radius 1 is 1.03 bits per heavy atom. The molecule has 188 valence electrons. The van der Waals surface area contributed by atoms with E-state index < -0.39 is 10.9 Å². The summed E-state index contributed by atoms with van der Waals surface area (Å²) in [5.41, 5.74) is 8.21. The molecule has 0 bridgehead atoms. The molecule has 0 saturated carbocycles. The number of nitro benzene ring substituents is 1. The molecular formula is C29H22N4O5. The van der Waals surface area contributed by atoms with Gasteiger partial charge in [0.15, 0.2) is 0 Å². The predicted molar refractivity (Wildman–Crippen MR) is 141 cm³/mol. The Kier molecular flexibility index (Phi) is 6.70. The normalized spacial score (nSPS) is 13.4. The molecule has 9 nitrogen and oxygen atoms in total. The molecule has 1 heterocycles. The van der Waals surface area contributed by atoms with Gasteiger partial charge in [0.1, 0.15) is 11.5 Å². The van der Waals surface area contributed by atoms with E-state index in [4.69, 9.17) is 14.4 Å². The Morgan fingerprint density at radius 3 is 2.32 bits per heavy atom. The van der Waals surface area contributed by atoms with E-state index in [1.165, 1.54) is 12.1 Å². The second kappa shape index (κ2) is 10.4. The number of rotatable bonds is 6. The zero-order valence-electron chi connectivity index (χ0n) is 20.4. The van der Waals surface area contributed by atoms with E-state index in [0.29, 0.717) is 41.2 Å². The smallest absolute Gasteiger partial charge is 0.379 e. The molecule has 4 aromatic rings. The highest BCUT2D eigenvalue weighted by molar-refractivity contribution is 6.06. The van der Waals surface area contributed by atoms with Crippen molar-refractivity contribution in [2.75, 3.05) is 5.43 Å². The van der Waals surface area contributed by atoms with Crippen LogP contribution in [0.5, 0.6) is 5.75 Å². The number of esters is 1. The molecule has 0 atom stereocenters. The minimum absolute atomic E-state index is 0.000819. The maximum Gasteiger partial charge on any atom is 0.379 e. The van der Waals surface area contributed by atoms with Crippen LogP contribution < -0.4 is 10.2 Å². The van der Waals surface area contributed by atoms with Gasteiger partial charge in [0.2, 0.25) is 5.76 Å². The van der Waals surface area contributed by atoms with E-state index in [-0.39, 0.29) is 11.4 Å². The number of hydrazone groups is 1. The number of aryl methyl sites for hydroxylation is 1. The van der Waals surface area contributed by atoms with Gasteiger partial charge in [-0.15, -0.1) is 0 Å². The number of furan rings is 1. The van der Waals surface area contributed by atoms with Crippen molar-refractivity contribution in [2.24, 2.45) is 5.10 Å². The number of nitrogens with zero attached hydrogens (tertiary/aromatic N) is 3. The molecule has 0 fully saturated rings. The largest absolute Gasteiger partial charge is 0.453 e. The zero-order chi connectivity index (χ0) is 26.6. The maximum atomic E-state index is 13.0. The van der Waals surface area contributed by atoms with Gasteiger partial charge in [-0.3, -0.25) is 15.5 Å². The van der Waals surface area contributed by atoms with Gasteiger partial charge < -0.3 is 9.15 Å². The lowest BCUT2D eigenvalue weighted by Gasteiger charge is -2.13. The van der Waals surface area contributed by atoms with Gasteiger partial charge in [0.25, 0.3) is 5.69 Å². The number of nitrogens with one attached hydrogen (secondary N) is 1. The average molecular weight is 507 g/mol. The Hall–Kier alpha value is -5.23. The molecular weight excluding hydrogens is 484 g/mol. The van der Waals surface area contributed by atoms with E-state index in [0.717, 1.165) is 28.8 Å². The number of hydrogen-bond donors (Lipinski definition) is 1. The molecule has 1 aliphatic rings. The quantitative estimate of drug-likeness (QED) is 0.138. The van der Waals surface area contributed by atoms with Crippen LogP contribution in [0.1, 0.15) is 45.8 Å². The first kappa shape index (κ1) is 24.5. The fourth-order valence-corrected chi connectivity index (χ4v) is 4.37. The third-order valence-electron chi connectivity index (χ3n) is 6.32. The van der Waals surface area contributed by atoms with Crippen molar-refractivity contribution in [1.29, 1.82) is 5.26 Å². The highest BCUT2D eigenvalue weighted by Gasteiger charge is 2.29. The number of nitro groups is 1. The third-order valence-corrected chi connectivity index (χ3v) is 6.32. The first-order valence-electron chi connectivity index (χ1n) is 12.0. The SMILES string of the molecule is Cc1c(C(=O)Oc2ccc(-c3ccc(C#N)cc3)cc2)oc2c1/C(=N/Nc1ccc([N+](=O)[O-])cc1)CCC2. The van der Waals surface area contributed by atoms with E-state index in [1.54, 1.807) is 43.3 Å². The van der Waals surface area contributed by atoms with Gasteiger partial charge in [0.05, 0.1) is 28.0 Å². The lowest BCUT2D eigenvalue weighted by atomic mass is 9.93. The van der Waals surface area contributed by atoms with Crippen LogP contribution >= 0.6 is 0 Å². The van der Waals surface area contributed by atoms with Crippen LogP contribution in [-0.4, -0.2) is 16.6 Å². The van der Waals surface area contributed by atoms with Gasteiger partial charge in [0, 0.05) is 29.7 Å². The molecule has 0 saturated heterocycles. The molecule has 0 spiro atoms. The monoisotopic (exact) mass is 506 g/mol. The number of non-ortho nitro benzene ring substituents is 1. The number of benzene rings is 3. The Bertz CT molecular complexity index is 1580. The number of carbonyl (C=O) groups is 1. The fourth-order valence-electron chi connectivity index (χ4n) is 4.37. The minimum Gasteiger partial charge on any atom is -0.453 e. The van der Waals surface area contributed by atoms with Crippen LogP contribution in [0.3, 0.4) is 0 Å². The van der Waals surface area contributed by atoms with E-state index in [1.807, 2.05) is 24.3 Å². The average Bonchev–Trinajstić information content (AvgIpc) is 3.29. The Labute approximate surface area is 218 Å². The van der Waals surface area contributed by atoms with Crippen LogP contribution in [0.4, 0.5) is 11.4 Å². The lowest BCUT2D eigenvalue weighted by Crippen LogP contribution is -2.13. The summed E-state index contributed by atoms with van der Waals surface area (Å²) in [6.07, 6.45) is 2.18. The molecule has 0 aliphatic heterocycles. The standard InChI is InChI=1S/C29H22N4O5/c1-18-27-25(32-31-22-11-13-23(14-12-22)33(35)36)3-2-4-26(27)38-28(18)29(34)37-24-15-9-21(10-16-24)20-7-5-19(17-30)6-8-20/h5-16,31H,2-4H2,1H3/b32-25+. The second-order valence-corrected chi connectivity index (χ2v) is 8.79. The summed E-state index contributed by atoms with van der Waals surface area (Å²) in [7, 11) is 0. The molecule has 1 aliphatic carbocycles. The summed E-state index contributed by atoms with van der Waals surface area (Å²) in [4.78, 5) is 23.4. The van der Waals surface area contributed by atoms with Crippen molar-refractivity contribution in [2.45, 2.75) is 26.2 Å². The molecule has 5 rings (SSSR count). The first-order valence-corrected chi connectivity index (χ1v) is 12.0. The fraction of sp³-hybridized carbons (Fsp3) is 0.138. The van der Waals surface area contributed by atoms with Crippen molar-refractivity contribution in [3.8, 4) is 22.9 Å². The molecule has 38 heavy (non-hydrogen) atoms. The highest BCUT2D eigenvalue weighted by atomic mass is 16.6. The van der Waals surface area contributed by atoms with E-state index in [9.17, 15) is 14.9 Å². The van der Waals surface area contributed by atoms with Crippen molar-refractivity contribution in [1.82, 2.24) is 0 Å². The summed E-state index contributed by atoms with van der Waals surface area (Å²) in [5, 5.41) is 24.3. The van der Waals surface area contributed by atoms with Crippen LogP contribution in [0.2, 0.25) is 0 Å². The number of hydrogen-bond acceptors (Lipinski definition) is 8. The highest BCUT2D eigenvalue weighted by Crippen LogP contribution is 2.31.